The molecule has 0 saturated heterocycles. The van der Waals surface area contributed by atoms with Crippen LogP contribution in [0.2, 0.25) is 0 Å². The Kier molecular flexibility index (Phi) is 3.97. The van der Waals surface area contributed by atoms with E-state index in [2.05, 4.69) is 4.98 Å². The number of hydrogen-bond acceptors (Lipinski definition) is 4. The molecule has 2 aromatic rings. The number of carboxylic acid groups (broad SMARTS) is 1. The fourth-order valence-corrected chi connectivity index (χ4v) is 1.60. The second kappa shape index (κ2) is 5.86. The zero-order chi connectivity index (χ0) is 13.7. The fraction of sp³-hybridized carbons (Fsp3) is 0.143. The maximum absolute atomic E-state index is 11.0. The van der Waals surface area contributed by atoms with Gasteiger partial charge in [0.2, 0.25) is 0 Å². The van der Waals surface area contributed by atoms with Crippen LogP contribution in [-0.2, 0) is 6.61 Å². The molecule has 0 amide bonds. The van der Waals surface area contributed by atoms with Crippen LogP contribution in [0.5, 0.6) is 11.5 Å². The molecule has 0 saturated carbocycles. The van der Waals surface area contributed by atoms with Crippen molar-refractivity contribution in [2.24, 2.45) is 0 Å². The van der Waals surface area contributed by atoms with E-state index in [-0.39, 0.29) is 12.3 Å². The molecule has 19 heavy (non-hydrogen) atoms. The summed E-state index contributed by atoms with van der Waals surface area (Å²) in [5, 5.41) is 9.01. The second-order valence-electron chi connectivity index (χ2n) is 3.78. The highest BCUT2D eigenvalue weighted by Gasteiger charge is 2.11. The summed E-state index contributed by atoms with van der Waals surface area (Å²) in [7, 11) is 1.57. The predicted molar refractivity (Wildman–Crippen MR) is 68.5 cm³/mol. The first-order chi connectivity index (χ1) is 9.20. The van der Waals surface area contributed by atoms with Gasteiger partial charge in [-0.2, -0.15) is 0 Å². The van der Waals surface area contributed by atoms with Crippen LogP contribution in [0.4, 0.5) is 0 Å². The number of aromatic carboxylic acids is 1. The van der Waals surface area contributed by atoms with Crippen molar-refractivity contribution in [3.05, 3.63) is 53.9 Å². The summed E-state index contributed by atoms with van der Waals surface area (Å²) < 4.78 is 10.6. The quantitative estimate of drug-likeness (QED) is 0.892. The number of aromatic nitrogens is 1. The Hall–Kier alpha value is -2.56. The summed E-state index contributed by atoms with van der Waals surface area (Å²) in [5.74, 6) is 0.228. The minimum atomic E-state index is -1.06. The standard InChI is InChI=1S/C14H13NO4/c1-18-11-5-2-6-12(8-11)19-9-10-4-3-7-15-13(10)14(16)17/h2-8H,9H2,1H3,(H,16,17). The molecule has 98 valence electrons. The molecule has 0 aliphatic carbocycles. The molecule has 0 unspecified atom stereocenters. The van der Waals surface area contributed by atoms with E-state index >= 15 is 0 Å². The number of nitrogens with zero attached hydrogens (tertiary/aromatic N) is 1. The molecule has 2 rings (SSSR count). The van der Waals surface area contributed by atoms with E-state index in [1.807, 2.05) is 0 Å². The van der Waals surface area contributed by atoms with Crippen molar-refractivity contribution in [2.75, 3.05) is 7.11 Å². The average molecular weight is 259 g/mol. The van der Waals surface area contributed by atoms with Crippen molar-refractivity contribution in [1.29, 1.82) is 0 Å². The largest absolute Gasteiger partial charge is 0.497 e. The first-order valence-electron chi connectivity index (χ1n) is 5.64. The first-order valence-corrected chi connectivity index (χ1v) is 5.64. The first kappa shape index (κ1) is 12.9. The Labute approximate surface area is 110 Å². The molecule has 1 N–H and O–H groups in total. The van der Waals surface area contributed by atoms with Gasteiger partial charge < -0.3 is 14.6 Å². The van der Waals surface area contributed by atoms with Gasteiger partial charge in [-0.15, -0.1) is 0 Å². The van der Waals surface area contributed by atoms with Crippen LogP contribution in [0.1, 0.15) is 16.1 Å². The molecule has 0 bridgehead atoms. The summed E-state index contributed by atoms with van der Waals surface area (Å²) >= 11 is 0. The van der Waals surface area contributed by atoms with Gasteiger partial charge in [-0.05, 0) is 18.2 Å². The van der Waals surface area contributed by atoms with Gasteiger partial charge in [0, 0.05) is 17.8 Å². The van der Waals surface area contributed by atoms with E-state index in [1.165, 1.54) is 6.20 Å². The van der Waals surface area contributed by atoms with Crippen molar-refractivity contribution in [2.45, 2.75) is 6.61 Å². The normalized spacial score (nSPS) is 9.95. The monoisotopic (exact) mass is 259 g/mol. The Morgan fingerprint density at radius 3 is 2.79 bits per heavy atom. The predicted octanol–water partition coefficient (Wildman–Crippen LogP) is 2.37. The zero-order valence-corrected chi connectivity index (χ0v) is 10.4. The summed E-state index contributed by atoms with van der Waals surface area (Å²) in [6.45, 7) is 0.142. The number of pyridine rings is 1. The molecule has 0 aliphatic rings. The number of methoxy groups -OCH3 is 1. The summed E-state index contributed by atoms with van der Waals surface area (Å²) in [5.41, 5.74) is 0.531. The van der Waals surface area contributed by atoms with Gasteiger partial charge in [-0.1, -0.05) is 12.1 Å². The van der Waals surface area contributed by atoms with Crippen molar-refractivity contribution >= 4 is 5.97 Å². The number of carbonyl (C=O) groups is 1. The lowest BCUT2D eigenvalue weighted by Crippen LogP contribution is -2.07. The Morgan fingerprint density at radius 1 is 1.26 bits per heavy atom. The van der Waals surface area contributed by atoms with Crippen molar-refractivity contribution in [3.63, 3.8) is 0 Å². The van der Waals surface area contributed by atoms with E-state index in [9.17, 15) is 4.79 Å². The SMILES string of the molecule is COc1cccc(OCc2cccnc2C(=O)O)c1. The molecule has 0 aliphatic heterocycles. The van der Waals surface area contributed by atoms with E-state index < -0.39 is 5.97 Å². The molecule has 0 fully saturated rings. The summed E-state index contributed by atoms with van der Waals surface area (Å²) in [4.78, 5) is 14.8. The van der Waals surface area contributed by atoms with Gasteiger partial charge in [0.1, 0.15) is 18.1 Å². The lowest BCUT2D eigenvalue weighted by Gasteiger charge is -2.09. The van der Waals surface area contributed by atoms with E-state index in [0.29, 0.717) is 17.1 Å². The van der Waals surface area contributed by atoms with E-state index in [4.69, 9.17) is 14.6 Å². The molecule has 0 atom stereocenters. The smallest absolute Gasteiger partial charge is 0.354 e. The summed E-state index contributed by atoms with van der Waals surface area (Å²) in [6.07, 6.45) is 1.44. The lowest BCUT2D eigenvalue weighted by atomic mass is 10.2. The van der Waals surface area contributed by atoms with Crippen LogP contribution < -0.4 is 9.47 Å². The van der Waals surface area contributed by atoms with Crippen LogP contribution in [0, 0.1) is 0 Å². The van der Waals surface area contributed by atoms with Crippen LogP contribution >= 0.6 is 0 Å². The van der Waals surface area contributed by atoms with Crippen molar-refractivity contribution in [3.8, 4) is 11.5 Å². The maximum atomic E-state index is 11.0. The average Bonchev–Trinajstić information content (AvgIpc) is 2.45. The van der Waals surface area contributed by atoms with Crippen LogP contribution in [-0.4, -0.2) is 23.2 Å². The van der Waals surface area contributed by atoms with Gasteiger partial charge in [0.05, 0.1) is 7.11 Å². The van der Waals surface area contributed by atoms with Gasteiger partial charge in [0.25, 0.3) is 0 Å². The molecule has 5 nitrogen and oxygen atoms in total. The maximum Gasteiger partial charge on any atom is 0.354 e. The molecular formula is C14H13NO4. The van der Waals surface area contributed by atoms with Gasteiger partial charge >= 0.3 is 5.97 Å². The van der Waals surface area contributed by atoms with Crippen LogP contribution in [0.15, 0.2) is 42.6 Å². The third-order valence-electron chi connectivity index (χ3n) is 2.53. The van der Waals surface area contributed by atoms with Gasteiger partial charge in [-0.3, -0.25) is 0 Å². The van der Waals surface area contributed by atoms with Crippen LogP contribution in [0.25, 0.3) is 0 Å². The Balaban J connectivity index is 2.12. The third kappa shape index (κ3) is 3.22. The molecule has 1 aromatic heterocycles. The van der Waals surface area contributed by atoms with E-state index in [1.54, 1.807) is 43.5 Å². The topological polar surface area (TPSA) is 68.7 Å². The third-order valence-corrected chi connectivity index (χ3v) is 2.53. The number of hydrogen-bond donors (Lipinski definition) is 1. The number of ether oxygens (including phenoxy) is 2. The highest BCUT2D eigenvalue weighted by Crippen LogP contribution is 2.20. The number of carboxylic acids is 1. The molecule has 1 heterocycles. The molecule has 1 aromatic carbocycles. The summed E-state index contributed by atoms with van der Waals surface area (Å²) in [6, 6.07) is 10.5. The highest BCUT2D eigenvalue weighted by atomic mass is 16.5. The Morgan fingerprint density at radius 2 is 2.05 bits per heavy atom. The van der Waals surface area contributed by atoms with Crippen LogP contribution in [0.3, 0.4) is 0 Å². The lowest BCUT2D eigenvalue weighted by molar-refractivity contribution is 0.0687. The van der Waals surface area contributed by atoms with Crippen molar-refractivity contribution < 1.29 is 19.4 Å². The minimum Gasteiger partial charge on any atom is -0.497 e. The highest BCUT2D eigenvalue weighted by molar-refractivity contribution is 5.86. The second-order valence-corrected chi connectivity index (χ2v) is 3.78. The van der Waals surface area contributed by atoms with Gasteiger partial charge in [-0.25, -0.2) is 9.78 Å². The molecule has 0 radical (unpaired) electrons. The molecule has 5 heteroatoms. The van der Waals surface area contributed by atoms with Gasteiger partial charge in [0.15, 0.2) is 5.69 Å². The zero-order valence-electron chi connectivity index (χ0n) is 10.4. The number of benzene rings is 1. The molecule has 0 spiro atoms. The Bertz CT molecular complexity index is 583. The van der Waals surface area contributed by atoms with Crippen molar-refractivity contribution in [1.82, 2.24) is 4.98 Å². The number of rotatable bonds is 5. The van der Waals surface area contributed by atoms with E-state index in [0.717, 1.165) is 0 Å². The fourth-order valence-electron chi connectivity index (χ4n) is 1.60. The minimum absolute atomic E-state index is 0.00500. The molecular weight excluding hydrogens is 246 g/mol.